The number of hydrogen-bond acceptors (Lipinski definition) is 6. The maximum atomic E-state index is 11.4. The molecular weight excluding hydrogens is 236 g/mol. The zero-order valence-corrected chi connectivity index (χ0v) is 11.5. The van der Waals surface area contributed by atoms with E-state index in [9.17, 15) is 4.79 Å². The zero-order valence-electron chi connectivity index (χ0n) is 11.5. The minimum Gasteiger partial charge on any atom is -0.461 e. The summed E-state index contributed by atoms with van der Waals surface area (Å²) in [6.07, 6.45) is 1.31. The Bertz CT molecular complexity index is 399. The Morgan fingerprint density at radius 2 is 2.17 bits per heavy atom. The van der Waals surface area contributed by atoms with Crippen molar-refractivity contribution in [1.29, 1.82) is 0 Å². The molecule has 0 radical (unpaired) electrons. The molecule has 0 saturated heterocycles. The number of hydrogen-bond donors (Lipinski definition) is 0. The van der Waals surface area contributed by atoms with Gasteiger partial charge in [0.2, 0.25) is 0 Å². The van der Waals surface area contributed by atoms with Crippen molar-refractivity contribution in [1.82, 2.24) is 9.88 Å². The lowest BCUT2D eigenvalue weighted by atomic mass is 10.1. The van der Waals surface area contributed by atoms with Crippen LogP contribution >= 0.6 is 0 Å². The molecule has 0 aliphatic heterocycles. The third kappa shape index (κ3) is 3.73. The summed E-state index contributed by atoms with van der Waals surface area (Å²) in [6, 6.07) is 0. The first-order chi connectivity index (χ1) is 8.36. The molecule has 0 atom stereocenters. The van der Waals surface area contributed by atoms with Crippen LogP contribution in [0.2, 0.25) is 0 Å². The van der Waals surface area contributed by atoms with Gasteiger partial charge in [-0.15, -0.1) is 0 Å². The van der Waals surface area contributed by atoms with E-state index in [4.69, 9.17) is 13.9 Å². The van der Waals surface area contributed by atoms with Gasteiger partial charge < -0.3 is 18.8 Å². The highest BCUT2D eigenvalue weighted by molar-refractivity contribution is 5.86. The smallest absolute Gasteiger partial charge is 0.394 e. The van der Waals surface area contributed by atoms with Gasteiger partial charge in [0.1, 0.15) is 12.9 Å². The average Bonchev–Trinajstić information content (AvgIpc) is 2.75. The zero-order chi connectivity index (χ0) is 13.8. The second kappa shape index (κ2) is 5.86. The summed E-state index contributed by atoms with van der Waals surface area (Å²) in [4.78, 5) is 17.3. The lowest BCUT2D eigenvalue weighted by molar-refractivity contribution is 0.0518. The van der Waals surface area contributed by atoms with Gasteiger partial charge in [-0.3, -0.25) is 0 Å². The molecule has 0 N–H and O–H groups in total. The van der Waals surface area contributed by atoms with Crippen molar-refractivity contribution >= 4 is 5.97 Å². The van der Waals surface area contributed by atoms with Gasteiger partial charge in [0, 0.05) is 5.54 Å². The van der Waals surface area contributed by atoms with Crippen LogP contribution < -0.4 is 4.74 Å². The maximum absolute atomic E-state index is 11.4. The van der Waals surface area contributed by atoms with Crippen LogP contribution in [0, 0.1) is 0 Å². The van der Waals surface area contributed by atoms with Crippen molar-refractivity contribution in [2.75, 3.05) is 27.3 Å². The van der Waals surface area contributed by atoms with Crippen LogP contribution in [0.3, 0.4) is 0 Å². The number of aromatic nitrogens is 1. The van der Waals surface area contributed by atoms with Gasteiger partial charge in [0.15, 0.2) is 5.69 Å². The quantitative estimate of drug-likeness (QED) is 0.720. The summed E-state index contributed by atoms with van der Waals surface area (Å²) in [5, 5.41) is 0. The molecule has 0 aliphatic carbocycles. The predicted octanol–water partition coefficient (Wildman–Crippen LogP) is 1.57. The topological polar surface area (TPSA) is 64.8 Å². The first-order valence-electron chi connectivity index (χ1n) is 5.79. The summed E-state index contributed by atoms with van der Waals surface area (Å²) in [5.74, 6) is -0.511. The van der Waals surface area contributed by atoms with E-state index < -0.39 is 5.97 Å². The van der Waals surface area contributed by atoms with Gasteiger partial charge in [-0.2, -0.15) is 4.98 Å². The highest BCUT2D eigenvalue weighted by Crippen LogP contribution is 2.15. The molecule has 0 bridgehead atoms. The summed E-state index contributed by atoms with van der Waals surface area (Å²) in [6.45, 7) is 6.50. The van der Waals surface area contributed by atoms with Crippen molar-refractivity contribution in [2.45, 2.75) is 26.3 Å². The minimum atomic E-state index is -0.511. The third-order valence-corrected chi connectivity index (χ3v) is 2.73. The van der Waals surface area contributed by atoms with Gasteiger partial charge in [-0.25, -0.2) is 4.79 Å². The fourth-order valence-corrected chi connectivity index (χ4v) is 0.990. The molecule has 18 heavy (non-hydrogen) atoms. The second-order valence-corrected chi connectivity index (χ2v) is 4.71. The number of oxazole rings is 1. The summed E-state index contributed by atoms with van der Waals surface area (Å²) in [7, 11) is 3.92. The van der Waals surface area contributed by atoms with Crippen molar-refractivity contribution in [2.24, 2.45) is 0 Å². The molecule has 0 aromatic carbocycles. The van der Waals surface area contributed by atoms with Gasteiger partial charge in [0.25, 0.3) is 0 Å². The van der Waals surface area contributed by atoms with Crippen LogP contribution in [0.5, 0.6) is 6.08 Å². The van der Waals surface area contributed by atoms with E-state index in [0.717, 1.165) is 0 Å². The number of ether oxygens (including phenoxy) is 2. The fourth-order valence-electron chi connectivity index (χ4n) is 0.990. The highest BCUT2D eigenvalue weighted by atomic mass is 16.6. The highest BCUT2D eigenvalue weighted by Gasteiger charge is 2.23. The number of rotatable bonds is 6. The molecule has 0 amide bonds. The fraction of sp³-hybridized carbons (Fsp3) is 0.667. The molecule has 0 fully saturated rings. The number of carbonyl (C=O) groups excluding carboxylic acids is 1. The van der Waals surface area contributed by atoms with E-state index in [1.807, 2.05) is 32.8 Å². The standard InChI is InChI=1S/C12H20N2O4/c1-6-16-10(15)9-7-17-11(13-9)18-8-12(2,3)14(4)5/h7H,6,8H2,1-5H3. The predicted molar refractivity (Wildman–Crippen MR) is 65.7 cm³/mol. The van der Waals surface area contributed by atoms with Gasteiger partial charge in [-0.05, 0) is 34.9 Å². The van der Waals surface area contributed by atoms with Crippen LogP contribution in [-0.2, 0) is 4.74 Å². The lowest BCUT2D eigenvalue weighted by Gasteiger charge is -2.31. The van der Waals surface area contributed by atoms with Crippen LogP contribution in [0.4, 0.5) is 0 Å². The van der Waals surface area contributed by atoms with Crippen LogP contribution in [0.1, 0.15) is 31.3 Å². The molecule has 0 saturated carbocycles. The van der Waals surface area contributed by atoms with E-state index in [0.29, 0.717) is 13.2 Å². The average molecular weight is 256 g/mol. The van der Waals surface area contributed by atoms with Crippen LogP contribution in [0.15, 0.2) is 10.7 Å². The van der Waals surface area contributed by atoms with Gasteiger partial charge in [-0.1, -0.05) is 0 Å². The Balaban J connectivity index is 2.57. The van der Waals surface area contributed by atoms with Gasteiger partial charge in [0.05, 0.1) is 6.61 Å². The molecule has 0 spiro atoms. The number of esters is 1. The molecular formula is C12H20N2O4. The normalized spacial score (nSPS) is 11.7. The molecule has 1 aromatic heterocycles. The maximum Gasteiger partial charge on any atom is 0.394 e. The number of carbonyl (C=O) groups is 1. The number of likely N-dealkylation sites (N-methyl/N-ethyl adjacent to an activating group) is 1. The lowest BCUT2D eigenvalue weighted by Crippen LogP contribution is -2.43. The van der Waals surface area contributed by atoms with E-state index in [2.05, 4.69) is 4.98 Å². The molecule has 0 aliphatic rings. The van der Waals surface area contributed by atoms with Crippen molar-refractivity contribution in [3.63, 3.8) is 0 Å². The first-order valence-corrected chi connectivity index (χ1v) is 5.79. The largest absolute Gasteiger partial charge is 0.461 e. The van der Waals surface area contributed by atoms with Gasteiger partial charge >= 0.3 is 12.0 Å². The summed E-state index contributed by atoms with van der Waals surface area (Å²) >= 11 is 0. The van der Waals surface area contributed by atoms with Crippen molar-refractivity contribution < 1.29 is 18.7 Å². The van der Waals surface area contributed by atoms with Crippen LogP contribution in [0.25, 0.3) is 0 Å². The molecule has 1 rings (SSSR count). The van der Waals surface area contributed by atoms with Crippen molar-refractivity contribution in [3.05, 3.63) is 12.0 Å². The molecule has 6 heteroatoms. The monoisotopic (exact) mass is 256 g/mol. The Morgan fingerprint density at radius 1 is 1.50 bits per heavy atom. The minimum absolute atomic E-state index is 0.0768. The SMILES string of the molecule is CCOC(=O)c1coc(OCC(C)(C)N(C)C)n1. The Labute approximate surface area is 107 Å². The van der Waals surface area contributed by atoms with E-state index in [-0.39, 0.29) is 17.3 Å². The van der Waals surface area contributed by atoms with Crippen molar-refractivity contribution in [3.8, 4) is 6.08 Å². The molecule has 0 unspecified atom stereocenters. The molecule has 6 nitrogen and oxygen atoms in total. The second-order valence-electron chi connectivity index (χ2n) is 4.71. The van der Waals surface area contributed by atoms with E-state index in [1.54, 1.807) is 6.92 Å². The molecule has 102 valence electrons. The number of nitrogens with zero attached hydrogens (tertiary/aromatic N) is 2. The van der Waals surface area contributed by atoms with E-state index in [1.165, 1.54) is 6.26 Å². The summed E-state index contributed by atoms with van der Waals surface area (Å²) in [5.41, 5.74) is -0.0343. The first kappa shape index (κ1) is 14.5. The summed E-state index contributed by atoms with van der Waals surface area (Å²) < 4.78 is 15.3. The Kier molecular flexibility index (Phi) is 4.72. The molecule has 1 aromatic rings. The molecule has 1 heterocycles. The van der Waals surface area contributed by atoms with Crippen LogP contribution in [-0.4, -0.2) is 48.7 Å². The Hall–Kier alpha value is -1.56. The third-order valence-electron chi connectivity index (χ3n) is 2.73. The van der Waals surface area contributed by atoms with E-state index >= 15 is 0 Å². The Morgan fingerprint density at radius 3 is 2.72 bits per heavy atom.